The van der Waals surface area contributed by atoms with Crippen LogP contribution in [0.1, 0.15) is 21.5 Å². The minimum Gasteiger partial charge on any atom is -0.296 e. The maximum absolute atomic E-state index is 13.0. The molecule has 1 saturated heterocycles. The molecule has 162 valence electrons. The molecule has 31 heavy (non-hydrogen) atoms. The van der Waals surface area contributed by atoms with Gasteiger partial charge in [0.15, 0.2) is 0 Å². The largest absolute Gasteiger partial charge is 0.296 e. The van der Waals surface area contributed by atoms with E-state index < -0.39 is 10.0 Å². The normalized spacial score (nSPS) is 15.6. The number of carbonyl (C=O) groups excluding carboxylic acids is 1. The van der Waals surface area contributed by atoms with Crippen LogP contribution in [-0.4, -0.2) is 59.9 Å². The van der Waals surface area contributed by atoms with Gasteiger partial charge in [0.1, 0.15) is 0 Å². The van der Waals surface area contributed by atoms with Crippen LogP contribution < -0.4 is 5.32 Å². The van der Waals surface area contributed by atoms with Crippen LogP contribution >= 0.6 is 11.3 Å². The van der Waals surface area contributed by atoms with Crippen LogP contribution in [0.15, 0.2) is 58.9 Å². The summed E-state index contributed by atoms with van der Waals surface area (Å²) < 4.78 is 27.2. The molecule has 1 aliphatic rings. The minimum absolute atomic E-state index is 0.108. The van der Waals surface area contributed by atoms with Gasteiger partial charge in [0.05, 0.1) is 0 Å². The number of nitrogens with one attached hydrogen (secondary N) is 1. The fourth-order valence-corrected chi connectivity index (χ4v) is 5.77. The Balaban J connectivity index is 1.36. The van der Waals surface area contributed by atoms with Crippen LogP contribution in [0.3, 0.4) is 0 Å². The van der Waals surface area contributed by atoms with Gasteiger partial charge in [0, 0.05) is 38.3 Å². The van der Waals surface area contributed by atoms with Crippen LogP contribution in [0, 0.1) is 6.92 Å². The summed E-state index contributed by atoms with van der Waals surface area (Å²) in [5.41, 5.74) is 2.72. The SMILES string of the molecule is Cc1ccc(C(=O)Nc2nnc(S(=O)(=O)N3CCN(Cc4ccccc4)CC3)s2)cc1. The van der Waals surface area contributed by atoms with E-state index in [2.05, 4.69) is 32.5 Å². The van der Waals surface area contributed by atoms with Gasteiger partial charge in [-0.25, -0.2) is 8.42 Å². The highest BCUT2D eigenvalue weighted by Crippen LogP contribution is 2.25. The zero-order valence-electron chi connectivity index (χ0n) is 17.1. The molecule has 0 radical (unpaired) electrons. The highest BCUT2D eigenvalue weighted by atomic mass is 32.2. The Bertz CT molecular complexity index is 1140. The molecule has 1 fully saturated rings. The number of sulfonamides is 1. The number of amides is 1. The first kappa shape index (κ1) is 21.6. The Morgan fingerprint density at radius 2 is 1.68 bits per heavy atom. The molecule has 4 rings (SSSR count). The van der Waals surface area contributed by atoms with Gasteiger partial charge in [0.2, 0.25) is 9.47 Å². The summed E-state index contributed by atoms with van der Waals surface area (Å²) in [7, 11) is -3.74. The summed E-state index contributed by atoms with van der Waals surface area (Å²) in [6.07, 6.45) is 0. The molecule has 1 aliphatic heterocycles. The van der Waals surface area contributed by atoms with E-state index in [1.807, 2.05) is 37.3 Å². The zero-order chi connectivity index (χ0) is 21.8. The number of aromatic nitrogens is 2. The monoisotopic (exact) mass is 457 g/mol. The second kappa shape index (κ2) is 9.23. The van der Waals surface area contributed by atoms with E-state index in [1.165, 1.54) is 9.87 Å². The first-order chi connectivity index (χ1) is 14.9. The van der Waals surface area contributed by atoms with Crippen LogP contribution in [0.4, 0.5) is 5.13 Å². The van der Waals surface area contributed by atoms with Gasteiger partial charge in [-0.05, 0) is 24.6 Å². The number of carbonyl (C=O) groups is 1. The molecule has 1 aromatic heterocycles. The Morgan fingerprint density at radius 1 is 1.00 bits per heavy atom. The molecule has 2 heterocycles. The first-order valence-electron chi connectivity index (χ1n) is 9.90. The molecule has 1 amide bonds. The predicted octanol–water partition coefficient (Wildman–Crippen LogP) is 2.61. The Kier molecular flexibility index (Phi) is 6.42. The minimum atomic E-state index is -3.74. The molecule has 0 spiro atoms. The van der Waals surface area contributed by atoms with Gasteiger partial charge in [-0.15, -0.1) is 10.2 Å². The summed E-state index contributed by atoms with van der Waals surface area (Å²) >= 11 is 0.866. The molecule has 0 saturated carbocycles. The number of nitrogens with zero attached hydrogens (tertiary/aromatic N) is 4. The van der Waals surface area contributed by atoms with E-state index in [0.717, 1.165) is 23.4 Å². The molecular weight excluding hydrogens is 434 g/mol. The Hall–Kier alpha value is -2.66. The Labute approximate surface area is 185 Å². The Morgan fingerprint density at radius 3 is 2.35 bits per heavy atom. The van der Waals surface area contributed by atoms with Crippen molar-refractivity contribution >= 4 is 32.4 Å². The second-order valence-electron chi connectivity index (χ2n) is 7.36. The number of hydrogen-bond donors (Lipinski definition) is 1. The third-order valence-corrected chi connectivity index (χ3v) is 8.16. The molecule has 0 bridgehead atoms. The lowest BCUT2D eigenvalue weighted by Crippen LogP contribution is -2.48. The van der Waals surface area contributed by atoms with Gasteiger partial charge >= 0.3 is 0 Å². The van der Waals surface area contributed by atoms with Crippen molar-refractivity contribution in [3.63, 3.8) is 0 Å². The van der Waals surface area contributed by atoms with E-state index in [9.17, 15) is 13.2 Å². The molecule has 0 aliphatic carbocycles. The number of benzene rings is 2. The van der Waals surface area contributed by atoms with Crippen molar-refractivity contribution < 1.29 is 13.2 Å². The summed E-state index contributed by atoms with van der Waals surface area (Å²) in [5, 5.41) is 10.5. The smallest absolute Gasteiger partial charge is 0.272 e. The van der Waals surface area contributed by atoms with Gasteiger partial charge < -0.3 is 0 Å². The third-order valence-electron chi connectivity index (χ3n) is 5.08. The average molecular weight is 458 g/mol. The lowest BCUT2D eigenvalue weighted by Gasteiger charge is -2.33. The van der Waals surface area contributed by atoms with Gasteiger partial charge in [-0.1, -0.05) is 59.4 Å². The fraction of sp³-hybridized carbons (Fsp3) is 0.286. The quantitative estimate of drug-likeness (QED) is 0.572. The first-order valence-corrected chi connectivity index (χ1v) is 12.2. The molecule has 0 unspecified atom stereocenters. The van der Waals surface area contributed by atoms with Crippen molar-refractivity contribution in [2.45, 2.75) is 17.8 Å². The molecule has 3 aromatic rings. The topological polar surface area (TPSA) is 95.5 Å². The molecule has 8 nitrogen and oxygen atoms in total. The summed E-state index contributed by atoms with van der Waals surface area (Å²) in [4.78, 5) is 14.6. The average Bonchev–Trinajstić information content (AvgIpc) is 3.25. The summed E-state index contributed by atoms with van der Waals surface area (Å²) in [5.74, 6) is -0.352. The van der Waals surface area contributed by atoms with Crippen LogP contribution in [0.2, 0.25) is 0 Å². The highest BCUT2D eigenvalue weighted by molar-refractivity contribution is 7.91. The van der Waals surface area contributed by atoms with Crippen LogP contribution in [0.25, 0.3) is 0 Å². The fourth-order valence-electron chi connectivity index (χ4n) is 3.32. The van der Waals surface area contributed by atoms with Gasteiger partial charge in [0.25, 0.3) is 15.9 Å². The van der Waals surface area contributed by atoms with Crippen molar-refractivity contribution in [3.8, 4) is 0 Å². The van der Waals surface area contributed by atoms with Crippen molar-refractivity contribution in [2.75, 3.05) is 31.5 Å². The maximum Gasteiger partial charge on any atom is 0.272 e. The van der Waals surface area contributed by atoms with Crippen LogP contribution in [0.5, 0.6) is 0 Å². The highest BCUT2D eigenvalue weighted by Gasteiger charge is 2.31. The molecule has 0 atom stereocenters. The molecule has 10 heteroatoms. The van der Waals surface area contributed by atoms with Crippen molar-refractivity contribution in [3.05, 3.63) is 71.3 Å². The van der Waals surface area contributed by atoms with Gasteiger partial charge in [-0.2, -0.15) is 4.31 Å². The molecular formula is C21H23N5O3S2. The number of aryl methyl sites for hydroxylation is 1. The molecule has 2 aromatic carbocycles. The van der Waals surface area contributed by atoms with Crippen LogP contribution in [-0.2, 0) is 16.6 Å². The van der Waals surface area contributed by atoms with E-state index in [0.29, 0.717) is 31.7 Å². The molecule has 1 N–H and O–H groups in total. The van der Waals surface area contributed by atoms with Gasteiger partial charge in [-0.3, -0.25) is 15.0 Å². The van der Waals surface area contributed by atoms with E-state index in [4.69, 9.17) is 0 Å². The lowest BCUT2D eigenvalue weighted by atomic mass is 10.1. The predicted molar refractivity (Wildman–Crippen MR) is 120 cm³/mol. The number of piperazine rings is 1. The summed E-state index contributed by atoms with van der Waals surface area (Å²) in [6.45, 7) is 4.79. The lowest BCUT2D eigenvalue weighted by molar-refractivity contribution is 0.102. The van der Waals surface area contributed by atoms with E-state index in [1.54, 1.807) is 12.1 Å². The summed E-state index contributed by atoms with van der Waals surface area (Å²) in [6, 6.07) is 17.2. The van der Waals surface area contributed by atoms with E-state index in [-0.39, 0.29) is 15.4 Å². The van der Waals surface area contributed by atoms with E-state index >= 15 is 0 Å². The number of hydrogen-bond acceptors (Lipinski definition) is 7. The van der Waals surface area contributed by atoms with Crippen molar-refractivity contribution in [1.29, 1.82) is 0 Å². The maximum atomic E-state index is 13.0. The standard InChI is InChI=1S/C21H23N5O3S2/c1-16-7-9-18(10-8-16)19(27)22-20-23-24-21(30-20)31(28,29)26-13-11-25(12-14-26)15-17-5-3-2-4-6-17/h2-10H,11-15H2,1H3,(H,22,23,27). The number of anilines is 1. The van der Waals surface area contributed by atoms with Crippen molar-refractivity contribution in [1.82, 2.24) is 19.4 Å². The van der Waals surface area contributed by atoms with Crippen molar-refractivity contribution in [2.24, 2.45) is 0 Å². The zero-order valence-corrected chi connectivity index (χ0v) is 18.7. The number of rotatable bonds is 6. The second-order valence-corrected chi connectivity index (χ2v) is 10.4. The third kappa shape index (κ3) is 5.16.